The van der Waals surface area contributed by atoms with Crippen LogP contribution in [0.15, 0.2) is 23.4 Å². The zero-order valence-electron chi connectivity index (χ0n) is 11.2. The lowest BCUT2D eigenvalue weighted by Gasteiger charge is -2.15. The zero-order chi connectivity index (χ0) is 14.1. The highest BCUT2D eigenvalue weighted by Crippen LogP contribution is 2.35. The third-order valence-corrected chi connectivity index (χ3v) is 5.49. The van der Waals surface area contributed by atoms with Gasteiger partial charge in [-0.15, -0.1) is 0 Å². The molecule has 0 aliphatic carbocycles. The molecule has 1 fully saturated rings. The van der Waals surface area contributed by atoms with E-state index in [0.717, 1.165) is 28.4 Å². The van der Waals surface area contributed by atoms with E-state index in [-0.39, 0.29) is 5.75 Å². The van der Waals surface area contributed by atoms with Gasteiger partial charge in [-0.1, -0.05) is 17.8 Å². The summed E-state index contributed by atoms with van der Waals surface area (Å²) < 4.78 is 2.25. The van der Waals surface area contributed by atoms with E-state index in [1.54, 1.807) is 0 Å². The molecule has 0 saturated carbocycles. The van der Waals surface area contributed by atoms with Crippen molar-refractivity contribution in [3.05, 3.63) is 23.8 Å². The quantitative estimate of drug-likeness (QED) is 0.879. The van der Waals surface area contributed by atoms with Crippen LogP contribution in [0.4, 0.5) is 0 Å². The predicted molar refractivity (Wildman–Crippen MR) is 83.8 cm³/mol. The fourth-order valence-corrected chi connectivity index (χ4v) is 4.48. The lowest BCUT2D eigenvalue weighted by Crippen LogP contribution is -2.10. The van der Waals surface area contributed by atoms with Gasteiger partial charge in [0.05, 0.1) is 16.8 Å². The smallest absolute Gasteiger partial charge is 0.313 e. The second-order valence-electron chi connectivity index (χ2n) is 4.96. The number of carboxylic acids is 1. The summed E-state index contributed by atoms with van der Waals surface area (Å²) in [4.78, 5) is 15.4. The molecule has 20 heavy (non-hydrogen) atoms. The van der Waals surface area contributed by atoms with E-state index in [1.165, 1.54) is 23.1 Å². The van der Waals surface area contributed by atoms with Crippen molar-refractivity contribution in [1.29, 1.82) is 0 Å². The zero-order valence-corrected chi connectivity index (χ0v) is 12.8. The van der Waals surface area contributed by atoms with Gasteiger partial charge in [0, 0.05) is 11.8 Å². The summed E-state index contributed by atoms with van der Waals surface area (Å²) in [5.41, 5.74) is 3.30. The van der Waals surface area contributed by atoms with Crippen molar-refractivity contribution in [2.75, 3.05) is 17.3 Å². The summed E-state index contributed by atoms with van der Waals surface area (Å²) in [5.74, 6) is 1.51. The number of hydrogen-bond donors (Lipinski definition) is 1. The van der Waals surface area contributed by atoms with Gasteiger partial charge in [0.1, 0.15) is 0 Å². The Hall–Kier alpha value is -1.14. The average molecular weight is 308 g/mol. The Morgan fingerprint density at radius 3 is 3.15 bits per heavy atom. The SMILES string of the molecule is Cc1ccc2nc(SCC(=O)O)n(C3CCSC3)c2c1. The maximum absolute atomic E-state index is 10.8. The Balaban J connectivity index is 2.06. The summed E-state index contributed by atoms with van der Waals surface area (Å²) in [7, 11) is 0. The number of carbonyl (C=O) groups is 1. The van der Waals surface area contributed by atoms with Crippen LogP contribution in [-0.4, -0.2) is 37.9 Å². The third kappa shape index (κ3) is 2.67. The number of carboxylic acid groups (broad SMARTS) is 1. The van der Waals surface area contributed by atoms with Crippen molar-refractivity contribution in [3.63, 3.8) is 0 Å². The van der Waals surface area contributed by atoms with Crippen LogP contribution < -0.4 is 0 Å². The summed E-state index contributed by atoms with van der Waals surface area (Å²) in [6.45, 7) is 2.07. The molecule has 1 atom stereocenters. The second kappa shape index (κ2) is 5.69. The molecule has 1 unspecified atom stereocenters. The van der Waals surface area contributed by atoms with E-state index >= 15 is 0 Å². The van der Waals surface area contributed by atoms with Crippen molar-refractivity contribution >= 4 is 40.5 Å². The maximum Gasteiger partial charge on any atom is 0.313 e. The van der Waals surface area contributed by atoms with E-state index in [1.807, 2.05) is 17.8 Å². The highest BCUT2D eigenvalue weighted by molar-refractivity contribution is 8.00. The minimum absolute atomic E-state index is 0.0577. The van der Waals surface area contributed by atoms with Gasteiger partial charge in [-0.2, -0.15) is 11.8 Å². The van der Waals surface area contributed by atoms with E-state index in [0.29, 0.717) is 6.04 Å². The number of aromatic nitrogens is 2. The fourth-order valence-electron chi connectivity index (χ4n) is 2.49. The Labute approximate surface area is 126 Å². The second-order valence-corrected chi connectivity index (χ2v) is 7.05. The summed E-state index contributed by atoms with van der Waals surface area (Å²) >= 11 is 3.27. The van der Waals surface area contributed by atoms with Crippen molar-refractivity contribution in [2.24, 2.45) is 0 Å². The molecule has 1 N–H and O–H groups in total. The fraction of sp³-hybridized carbons (Fsp3) is 0.429. The van der Waals surface area contributed by atoms with Crippen LogP contribution in [-0.2, 0) is 4.79 Å². The van der Waals surface area contributed by atoms with Crippen molar-refractivity contribution in [3.8, 4) is 0 Å². The van der Waals surface area contributed by atoms with Crippen molar-refractivity contribution < 1.29 is 9.90 Å². The predicted octanol–water partition coefficient (Wildman–Crippen LogP) is 3.20. The molecule has 1 aliphatic heterocycles. The Bertz CT molecular complexity index is 648. The molecule has 1 saturated heterocycles. The van der Waals surface area contributed by atoms with Crippen LogP contribution in [0.1, 0.15) is 18.0 Å². The molecule has 3 rings (SSSR count). The van der Waals surface area contributed by atoms with E-state index in [9.17, 15) is 4.79 Å². The molecule has 0 radical (unpaired) electrons. The number of thioether (sulfide) groups is 2. The van der Waals surface area contributed by atoms with E-state index < -0.39 is 5.97 Å². The number of nitrogens with zero attached hydrogens (tertiary/aromatic N) is 2. The molecule has 0 amide bonds. The van der Waals surface area contributed by atoms with Gasteiger partial charge in [0.25, 0.3) is 0 Å². The Morgan fingerprint density at radius 2 is 2.45 bits per heavy atom. The normalized spacial score (nSPS) is 18.8. The minimum Gasteiger partial charge on any atom is -0.481 e. The Morgan fingerprint density at radius 1 is 1.60 bits per heavy atom. The molecule has 2 heterocycles. The van der Waals surface area contributed by atoms with Crippen LogP contribution >= 0.6 is 23.5 Å². The lowest BCUT2D eigenvalue weighted by molar-refractivity contribution is -0.133. The molecule has 1 aromatic heterocycles. The number of imidazole rings is 1. The Kier molecular flexibility index (Phi) is 3.94. The molecule has 106 valence electrons. The van der Waals surface area contributed by atoms with Gasteiger partial charge in [0.15, 0.2) is 5.16 Å². The molecular formula is C14H16N2O2S2. The van der Waals surface area contributed by atoms with Crippen LogP contribution in [0.3, 0.4) is 0 Å². The standard InChI is InChI=1S/C14H16N2O2S2/c1-9-2-3-11-12(6-9)16(10-4-5-19-7-10)14(15-11)20-8-13(17)18/h2-3,6,10H,4-5,7-8H2,1H3,(H,17,18). The van der Waals surface area contributed by atoms with Gasteiger partial charge in [-0.3, -0.25) is 4.79 Å². The average Bonchev–Trinajstić information content (AvgIpc) is 3.02. The number of benzene rings is 1. The number of hydrogen-bond acceptors (Lipinski definition) is 4. The molecule has 1 aliphatic rings. The van der Waals surface area contributed by atoms with E-state index in [4.69, 9.17) is 5.11 Å². The number of aryl methyl sites for hydroxylation is 1. The molecular weight excluding hydrogens is 292 g/mol. The van der Waals surface area contributed by atoms with Gasteiger partial charge < -0.3 is 9.67 Å². The first-order valence-corrected chi connectivity index (χ1v) is 8.70. The van der Waals surface area contributed by atoms with Gasteiger partial charge in [0.2, 0.25) is 0 Å². The number of aliphatic carboxylic acids is 1. The van der Waals surface area contributed by atoms with Crippen molar-refractivity contribution in [2.45, 2.75) is 24.5 Å². The first-order chi connectivity index (χ1) is 9.65. The molecule has 0 bridgehead atoms. The molecule has 2 aromatic rings. The van der Waals surface area contributed by atoms with Crippen LogP contribution in [0.5, 0.6) is 0 Å². The third-order valence-electron chi connectivity index (χ3n) is 3.41. The van der Waals surface area contributed by atoms with Crippen LogP contribution in [0.25, 0.3) is 11.0 Å². The first-order valence-electron chi connectivity index (χ1n) is 6.56. The maximum atomic E-state index is 10.8. The summed E-state index contributed by atoms with van der Waals surface area (Å²) in [6, 6.07) is 6.65. The van der Waals surface area contributed by atoms with E-state index in [2.05, 4.69) is 28.6 Å². The molecule has 6 heteroatoms. The number of rotatable bonds is 4. The highest BCUT2D eigenvalue weighted by Gasteiger charge is 2.23. The monoisotopic (exact) mass is 308 g/mol. The molecule has 1 aromatic carbocycles. The minimum atomic E-state index is -0.800. The molecule has 4 nitrogen and oxygen atoms in total. The molecule has 0 spiro atoms. The van der Waals surface area contributed by atoms with Crippen LogP contribution in [0, 0.1) is 6.92 Å². The number of fused-ring (bicyclic) bond motifs is 1. The largest absolute Gasteiger partial charge is 0.481 e. The lowest BCUT2D eigenvalue weighted by atomic mass is 10.2. The van der Waals surface area contributed by atoms with Gasteiger partial charge in [-0.25, -0.2) is 4.98 Å². The van der Waals surface area contributed by atoms with Gasteiger partial charge in [-0.05, 0) is 36.8 Å². The summed E-state index contributed by atoms with van der Waals surface area (Å²) in [5, 5.41) is 9.72. The highest BCUT2D eigenvalue weighted by atomic mass is 32.2. The topological polar surface area (TPSA) is 55.1 Å². The van der Waals surface area contributed by atoms with Crippen molar-refractivity contribution in [1.82, 2.24) is 9.55 Å². The van der Waals surface area contributed by atoms with Crippen LogP contribution in [0.2, 0.25) is 0 Å². The van der Waals surface area contributed by atoms with Gasteiger partial charge >= 0.3 is 5.97 Å². The summed E-state index contributed by atoms with van der Waals surface area (Å²) in [6.07, 6.45) is 1.13. The first kappa shape index (κ1) is 13.8.